The molecule has 1 rings (SSSR count). The fourth-order valence-electron chi connectivity index (χ4n) is 2.06. The largest absolute Gasteiger partial charge is 0.353 e. The number of halogens is 2. The topological polar surface area (TPSA) is 29.1 Å². The zero-order valence-corrected chi connectivity index (χ0v) is 11.7. The van der Waals surface area contributed by atoms with Crippen molar-refractivity contribution in [2.75, 3.05) is 0 Å². The van der Waals surface area contributed by atoms with Gasteiger partial charge in [0, 0.05) is 6.04 Å². The molecule has 0 aromatic carbocycles. The van der Waals surface area contributed by atoms with Gasteiger partial charge in [-0.05, 0) is 30.8 Å². The van der Waals surface area contributed by atoms with Gasteiger partial charge in [0.25, 0.3) is 0 Å². The number of allylic oxidation sites excluding steroid dienone is 1. The first-order valence-corrected chi connectivity index (χ1v) is 6.39. The molecule has 16 heavy (non-hydrogen) atoms. The van der Waals surface area contributed by atoms with Crippen molar-refractivity contribution in [1.29, 1.82) is 0 Å². The lowest BCUT2D eigenvalue weighted by Gasteiger charge is -2.11. The van der Waals surface area contributed by atoms with Gasteiger partial charge in [-0.15, -0.1) is 0 Å². The summed E-state index contributed by atoms with van der Waals surface area (Å²) >= 11 is 11.3. The highest BCUT2D eigenvalue weighted by molar-refractivity contribution is 6.55. The molecule has 1 N–H and O–H groups in total. The molecule has 0 bridgehead atoms. The smallest absolute Gasteiger partial charge is 0.224 e. The predicted octanol–water partition coefficient (Wildman–Crippen LogP) is 3.49. The molecule has 0 heterocycles. The molecule has 4 heteroatoms. The molecule has 0 unspecified atom stereocenters. The summed E-state index contributed by atoms with van der Waals surface area (Å²) in [5.74, 6) is 0.255. The van der Waals surface area contributed by atoms with E-state index < -0.39 is 0 Å². The number of carbonyl (C=O) groups excluding carboxylic acids is 1. The minimum absolute atomic E-state index is 0.00556. The molecule has 1 amide bonds. The molecule has 3 atom stereocenters. The van der Waals surface area contributed by atoms with Gasteiger partial charge < -0.3 is 5.32 Å². The second-order valence-electron chi connectivity index (χ2n) is 5.10. The Labute approximate surface area is 107 Å². The van der Waals surface area contributed by atoms with Gasteiger partial charge in [-0.25, -0.2) is 0 Å². The van der Waals surface area contributed by atoms with E-state index in [9.17, 15) is 4.79 Å². The summed E-state index contributed by atoms with van der Waals surface area (Å²) in [6.07, 6.45) is 2.71. The Bertz CT molecular complexity index is 308. The summed E-state index contributed by atoms with van der Waals surface area (Å²) < 4.78 is 0.247. The maximum absolute atomic E-state index is 12.0. The molecule has 1 fully saturated rings. The SMILES string of the molecule is CC[C@H](C)NC(=O)[C@@H]1[C@H](C=C(Cl)Cl)C1(C)C. The average Bonchev–Trinajstić information content (AvgIpc) is 2.66. The standard InChI is InChI=1S/C12H19Cl2NO/c1-5-7(2)15-11(16)10-8(6-9(13)14)12(10,3)4/h6-8,10H,5H2,1-4H3,(H,15,16)/t7-,8-,10-/m0/s1. The molecule has 1 aliphatic rings. The van der Waals surface area contributed by atoms with Crippen molar-refractivity contribution >= 4 is 29.1 Å². The predicted molar refractivity (Wildman–Crippen MR) is 68.4 cm³/mol. The highest BCUT2D eigenvalue weighted by atomic mass is 35.5. The van der Waals surface area contributed by atoms with Gasteiger partial charge >= 0.3 is 0 Å². The van der Waals surface area contributed by atoms with Crippen LogP contribution in [0.2, 0.25) is 0 Å². The van der Waals surface area contributed by atoms with Crippen molar-refractivity contribution in [3.63, 3.8) is 0 Å². The van der Waals surface area contributed by atoms with E-state index in [1.165, 1.54) is 0 Å². The van der Waals surface area contributed by atoms with Gasteiger partial charge in [-0.2, -0.15) is 0 Å². The van der Waals surface area contributed by atoms with Gasteiger partial charge in [0.05, 0.1) is 5.92 Å². The number of hydrogen-bond acceptors (Lipinski definition) is 1. The zero-order valence-electron chi connectivity index (χ0n) is 10.2. The second-order valence-corrected chi connectivity index (χ2v) is 6.11. The Morgan fingerprint density at radius 3 is 2.50 bits per heavy atom. The van der Waals surface area contributed by atoms with E-state index in [0.717, 1.165) is 6.42 Å². The molecule has 1 aliphatic carbocycles. The third-order valence-electron chi connectivity index (χ3n) is 3.50. The van der Waals surface area contributed by atoms with E-state index in [0.29, 0.717) is 0 Å². The molecule has 92 valence electrons. The van der Waals surface area contributed by atoms with Crippen LogP contribution >= 0.6 is 23.2 Å². The van der Waals surface area contributed by atoms with Crippen LogP contribution in [0, 0.1) is 17.3 Å². The summed E-state index contributed by atoms with van der Waals surface area (Å²) in [4.78, 5) is 12.0. The quantitative estimate of drug-likeness (QED) is 0.827. The molecule has 0 radical (unpaired) electrons. The maximum Gasteiger partial charge on any atom is 0.224 e. The summed E-state index contributed by atoms with van der Waals surface area (Å²) in [5, 5.41) is 3.00. The molecule has 0 aromatic heterocycles. The zero-order chi connectivity index (χ0) is 12.5. The van der Waals surface area contributed by atoms with E-state index in [-0.39, 0.29) is 33.7 Å². The Kier molecular flexibility index (Phi) is 4.30. The normalized spacial score (nSPS) is 28.1. The van der Waals surface area contributed by atoms with Crippen LogP contribution in [0.1, 0.15) is 34.1 Å². The molecule has 2 nitrogen and oxygen atoms in total. The molecular formula is C12H19Cl2NO. The number of carbonyl (C=O) groups is 1. The minimum atomic E-state index is -0.0351. The van der Waals surface area contributed by atoms with Gasteiger partial charge in [-0.1, -0.05) is 44.0 Å². The first kappa shape index (κ1) is 13.9. The van der Waals surface area contributed by atoms with Crippen molar-refractivity contribution in [1.82, 2.24) is 5.32 Å². The van der Waals surface area contributed by atoms with Crippen LogP contribution in [0.3, 0.4) is 0 Å². The Balaban J connectivity index is 2.63. The fraction of sp³-hybridized carbons (Fsp3) is 0.750. The van der Waals surface area contributed by atoms with Crippen molar-refractivity contribution in [3.8, 4) is 0 Å². The van der Waals surface area contributed by atoms with E-state index in [1.807, 2.05) is 6.92 Å². The highest BCUT2D eigenvalue weighted by Crippen LogP contribution is 2.59. The Morgan fingerprint density at radius 1 is 1.50 bits per heavy atom. The van der Waals surface area contributed by atoms with Gasteiger partial charge in [0.15, 0.2) is 0 Å². The number of amides is 1. The van der Waals surface area contributed by atoms with E-state index in [4.69, 9.17) is 23.2 Å². The first-order chi connectivity index (χ1) is 7.30. The van der Waals surface area contributed by atoms with Crippen molar-refractivity contribution in [3.05, 3.63) is 10.6 Å². The second kappa shape index (κ2) is 4.97. The van der Waals surface area contributed by atoms with Crippen molar-refractivity contribution in [2.45, 2.75) is 40.2 Å². The summed E-state index contributed by atoms with van der Waals surface area (Å²) in [6, 6.07) is 0.222. The summed E-state index contributed by atoms with van der Waals surface area (Å²) in [7, 11) is 0. The summed E-state index contributed by atoms with van der Waals surface area (Å²) in [6.45, 7) is 8.18. The minimum Gasteiger partial charge on any atom is -0.353 e. The Morgan fingerprint density at radius 2 is 2.06 bits per heavy atom. The van der Waals surface area contributed by atoms with Crippen LogP contribution in [0.15, 0.2) is 10.6 Å². The highest BCUT2D eigenvalue weighted by Gasteiger charge is 2.60. The van der Waals surface area contributed by atoms with Crippen LogP contribution in [0.4, 0.5) is 0 Å². The lowest BCUT2D eigenvalue weighted by Crippen LogP contribution is -2.34. The number of nitrogens with one attached hydrogen (secondary N) is 1. The van der Waals surface area contributed by atoms with Crippen LogP contribution in [-0.2, 0) is 4.79 Å². The van der Waals surface area contributed by atoms with Crippen LogP contribution in [0.25, 0.3) is 0 Å². The molecule has 0 saturated heterocycles. The molecule has 1 saturated carbocycles. The first-order valence-electron chi connectivity index (χ1n) is 5.63. The molecular weight excluding hydrogens is 245 g/mol. The number of hydrogen-bond donors (Lipinski definition) is 1. The van der Waals surface area contributed by atoms with E-state index in [1.54, 1.807) is 6.08 Å². The van der Waals surface area contributed by atoms with E-state index in [2.05, 4.69) is 26.1 Å². The van der Waals surface area contributed by atoms with Crippen molar-refractivity contribution < 1.29 is 4.79 Å². The maximum atomic E-state index is 12.0. The average molecular weight is 264 g/mol. The monoisotopic (exact) mass is 263 g/mol. The van der Waals surface area contributed by atoms with Crippen molar-refractivity contribution in [2.24, 2.45) is 17.3 Å². The van der Waals surface area contributed by atoms with Gasteiger partial charge in [0.2, 0.25) is 5.91 Å². The third kappa shape index (κ3) is 2.92. The van der Waals surface area contributed by atoms with Crippen LogP contribution in [0.5, 0.6) is 0 Å². The van der Waals surface area contributed by atoms with Crippen LogP contribution in [-0.4, -0.2) is 11.9 Å². The number of rotatable bonds is 4. The lowest BCUT2D eigenvalue weighted by atomic mass is 10.1. The molecule has 0 spiro atoms. The van der Waals surface area contributed by atoms with Gasteiger partial charge in [0.1, 0.15) is 4.49 Å². The lowest BCUT2D eigenvalue weighted by molar-refractivity contribution is -0.123. The third-order valence-corrected chi connectivity index (χ3v) is 3.75. The molecule has 0 aromatic rings. The summed E-state index contributed by atoms with van der Waals surface area (Å²) in [5.41, 5.74) is -0.0351. The molecule has 0 aliphatic heterocycles. The van der Waals surface area contributed by atoms with Gasteiger partial charge in [-0.3, -0.25) is 4.79 Å². The Hall–Kier alpha value is -0.210. The van der Waals surface area contributed by atoms with Crippen LogP contribution < -0.4 is 5.32 Å². The fourth-order valence-corrected chi connectivity index (χ4v) is 2.33. The van der Waals surface area contributed by atoms with E-state index >= 15 is 0 Å².